The van der Waals surface area contributed by atoms with Crippen LogP contribution < -0.4 is 0 Å². The maximum absolute atomic E-state index is 11.9. The fourth-order valence-corrected chi connectivity index (χ4v) is 2.45. The zero-order chi connectivity index (χ0) is 13.8. The molecule has 18 heavy (non-hydrogen) atoms. The maximum atomic E-state index is 11.9. The monoisotopic (exact) mass is 254 g/mol. The fourth-order valence-electron chi connectivity index (χ4n) is 2.45. The number of carbonyl (C=O) groups is 1. The van der Waals surface area contributed by atoms with Gasteiger partial charge in [0.15, 0.2) is 0 Å². The fraction of sp³-hybridized carbons (Fsp3) is 0.800. The summed E-state index contributed by atoms with van der Waals surface area (Å²) in [4.78, 5) is 11.9. The zero-order valence-corrected chi connectivity index (χ0v) is 12.0. The van der Waals surface area contributed by atoms with Gasteiger partial charge in [-0.15, -0.1) is 0 Å². The highest BCUT2D eigenvalue weighted by Gasteiger charge is 2.61. The number of allylic oxidation sites excluding steroid dienone is 2. The minimum atomic E-state index is -0.0634. The summed E-state index contributed by atoms with van der Waals surface area (Å²) in [5, 5.41) is 8.65. The molecule has 104 valence electrons. The van der Waals surface area contributed by atoms with Gasteiger partial charge >= 0.3 is 5.97 Å². The predicted octanol–water partition coefficient (Wildman–Crippen LogP) is 2.93. The van der Waals surface area contributed by atoms with Gasteiger partial charge in [-0.1, -0.05) is 25.5 Å². The molecule has 0 bridgehead atoms. The van der Waals surface area contributed by atoms with Gasteiger partial charge in [0, 0.05) is 6.61 Å². The second-order valence-electron chi connectivity index (χ2n) is 6.02. The molecule has 0 saturated heterocycles. The molecule has 0 aromatic rings. The van der Waals surface area contributed by atoms with E-state index in [1.807, 2.05) is 0 Å². The number of hydrogen-bond acceptors (Lipinski definition) is 3. The number of hydrogen-bond donors (Lipinski definition) is 1. The van der Waals surface area contributed by atoms with Crippen LogP contribution in [-0.4, -0.2) is 24.3 Å². The number of carbonyl (C=O) groups excluding carboxylic acids is 1. The number of esters is 1. The van der Waals surface area contributed by atoms with Crippen molar-refractivity contribution in [2.24, 2.45) is 17.3 Å². The molecule has 1 aliphatic carbocycles. The van der Waals surface area contributed by atoms with E-state index < -0.39 is 0 Å². The third-order valence-electron chi connectivity index (χ3n) is 3.72. The summed E-state index contributed by atoms with van der Waals surface area (Å²) in [6.45, 7) is 9.06. The van der Waals surface area contributed by atoms with Crippen molar-refractivity contribution in [2.75, 3.05) is 13.2 Å². The lowest BCUT2D eigenvalue weighted by molar-refractivity contribution is -0.146. The first-order valence-corrected chi connectivity index (χ1v) is 6.83. The molecule has 1 rings (SSSR count). The number of rotatable bonds is 7. The van der Waals surface area contributed by atoms with Crippen molar-refractivity contribution in [2.45, 2.75) is 47.0 Å². The van der Waals surface area contributed by atoms with Crippen molar-refractivity contribution in [3.05, 3.63) is 11.6 Å². The van der Waals surface area contributed by atoms with Gasteiger partial charge in [-0.2, -0.15) is 0 Å². The summed E-state index contributed by atoms with van der Waals surface area (Å²) in [5.74, 6) is 0.282. The van der Waals surface area contributed by atoms with Crippen molar-refractivity contribution in [1.29, 1.82) is 0 Å². The van der Waals surface area contributed by atoms with E-state index in [4.69, 9.17) is 9.84 Å². The van der Waals surface area contributed by atoms with E-state index in [0.717, 1.165) is 19.3 Å². The van der Waals surface area contributed by atoms with Crippen LogP contribution in [-0.2, 0) is 9.53 Å². The van der Waals surface area contributed by atoms with E-state index in [9.17, 15) is 4.79 Å². The molecule has 3 heteroatoms. The molecule has 1 saturated carbocycles. The van der Waals surface area contributed by atoms with Crippen LogP contribution in [0.3, 0.4) is 0 Å². The quantitative estimate of drug-likeness (QED) is 0.431. The molecular weight excluding hydrogens is 228 g/mol. The Morgan fingerprint density at radius 1 is 1.28 bits per heavy atom. The molecule has 0 amide bonds. The molecule has 1 N–H and O–H groups in total. The average Bonchev–Trinajstić information content (AvgIpc) is 2.79. The molecule has 0 spiro atoms. The highest BCUT2D eigenvalue weighted by Crippen LogP contribution is 2.59. The minimum Gasteiger partial charge on any atom is -0.465 e. The minimum absolute atomic E-state index is 0.0187. The Hall–Kier alpha value is -0.830. The molecule has 0 unspecified atom stereocenters. The third kappa shape index (κ3) is 3.84. The summed E-state index contributed by atoms with van der Waals surface area (Å²) in [5.41, 5.74) is 1.30. The molecule has 0 heterocycles. The van der Waals surface area contributed by atoms with Crippen molar-refractivity contribution < 1.29 is 14.6 Å². The summed E-state index contributed by atoms with van der Waals surface area (Å²) >= 11 is 0. The average molecular weight is 254 g/mol. The smallest absolute Gasteiger partial charge is 0.310 e. The lowest BCUT2D eigenvalue weighted by Gasteiger charge is -2.05. The van der Waals surface area contributed by atoms with Crippen molar-refractivity contribution >= 4 is 5.97 Å². The Labute approximate surface area is 110 Å². The van der Waals surface area contributed by atoms with Crippen LogP contribution in [0.25, 0.3) is 0 Å². The Morgan fingerprint density at radius 3 is 2.50 bits per heavy atom. The first kappa shape index (κ1) is 15.2. The first-order chi connectivity index (χ1) is 8.41. The SMILES string of the molecule is CC(C)=C[C@@H]1[C@@H](C(=O)OCCCCCO)C1(C)C. The van der Waals surface area contributed by atoms with Crippen LogP contribution in [0.15, 0.2) is 11.6 Å². The first-order valence-electron chi connectivity index (χ1n) is 6.83. The predicted molar refractivity (Wildman–Crippen MR) is 72.1 cm³/mol. The second-order valence-corrected chi connectivity index (χ2v) is 6.02. The number of ether oxygens (including phenoxy) is 1. The second kappa shape index (κ2) is 6.37. The van der Waals surface area contributed by atoms with Gasteiger partial charge in [0.1, 0.15) is 0 Å². The summed E-state index contributed by atoms with van der Waals surface area (Å²) in [6.07, 6.45) is 4.71. The van der Waals surface area contributed by atoms with E-state index >= 15 is 0 Å². The van der Waals surface area contributed by atoms with Crippen molar-refractivity contribution in [3.63, 3.8) is 0 Å². The number of aliphatic hydroxyl groups excluding tert-OH is 1. The largest absolute Gasteiger partial charge is 0.465 e. The van der Waals surface area contributed by atoms with Crippen LogP contribution in [0.5, 0.6) is 0 Å². The Balaban J connectivity index is 2.33. The van der Waals surface area contributed by atoms with Crippen molar-refractivity contribution in [1.82, 2.24) is 0 Å². The topological polar surface area (TPSA) is 46.5 Å². The molecule has 0 radical (unpaired) electrons. The Bertz CT molecular complexity index is 314. The van der Waals surface area contributed by atoms with E-state index in [-0.39, 0.29) is 23.9 Å². The third-order valence-corrected chi connectivity index (χ3v) is 3.72. The molecule has 3 nitrogen and oxygen atoms in total. The van der Waals surface area contributed by atoms with Gasteiger partial charge in [-0.3, -0.25) is 4.79 Å². The van der Waals surface area contributed by atoms with Crippen LogP contribution in [0.2, 0.25) is 0 Å². The molecule has 1 aliphatic rings. The van der Waals surface area contributed by atoms with Gasteiger partial charge in [0.25, 0.3) is 0 Å². The molecular formula is C15H26O3. The maximum Gasteiger partial charge on any atom is 0.310 e. The van der Waals surface area contributed by atoms with Crippen LogP contribution >= 0.6 is 0 Å². The lowest BCUT2D eigenvalue weighted by Crippen LogP contribution is -2.11. The lowest BCUT2D eigenvalue weighted by atomic mass is 10.1. The molecule has 1 fully saturated rings. The highest BCUT2D eigenvalue weighted by molar-refractivity contribution is 5.78. The van der Waals surface area contributed by atoms with Crippen LogP contribution in [0.4, 0.5) is 0 Å². The molecule has 0 aliphatic heterocycles. The standard InChI is InChI=1S/C15H26O3/c1-11(2)10-12-13(15(12,3)4)14(17)18-9-7-5-6-8-16/h10,12-13,16H,5-9H2,1-4H3/t12-,13+/m1/s1. The van der Waals surface area contributed by atoms with Gasteiger partial charge in [-0.25, -0.2) is 0 Å². The Morgan fingerprint density at radius 2 is 1.94 bits per heavy atom. The van der Waals surface area contributed by atoms with Crippen LogP contribution in [0, 0.1) is 17.3 Å². The molecule has 2 atom stereocenters. The Kier molecular flexibility index (Phi) is 5.39. The highest BCUT2D eigenvalue weighted by atomic mass is 16.5. The zero-order valence-electron chi connectivity index (χ0n) is 12.0. The van der Waals surface area contributed by atoms with Gasteiger partial charge in [0.05, 0.1) is 12.5 Å². The number of aliphatic hydroxyl groups is 1. The normalized spacial score (nSPS) is 24.5. The van der Waals surface area contributed by atoms with Gasteiger partial charge < -0.3 is 9.84 Å². The van der Waals surface area contributed by atoms with Crippen LogP contribution in [0.1, 0.15) is 47.0 Å². The van der Waals surface area contributed by atoms with Gasteiger partial charge in [0.2, 0.25) is 0 Å². The van der Waals surface area contributed by atoms with E-state index in [0.29, 0.717) is 12.5 Å². The van der Waals surface area contributed by atoms with Gasteiger partial charge in [-0.05, 0) is 44.4 Å². The summed E-state index contributed by atoms with van der Waals surface area (Å²) in [6, 6.07) is 0. The van der Waals surface area contributed by atoms with Crippen molar-refractivity contribution in [3.8, 4) is 0 Å². The molecule has 0 aromatic heterocycles. The van der Waals surface area contributed by atoms with E-state index in [2.05, 4.69) is 33.8 Å². The van der Waals surface area contributed by atoms with E-state index in [1.54, 1.807) is 0 Å². The number of unbranched alkanes of at least 4 members (excludes halogenated alkanes) is 2. The molecule has 0 aromatic carbocycles. The summed E-state index contributed by atoms with van der Waals surface area (Å²) < 4.78 is 5.31. The summed E-state index contributed by atoms with van der Waals surface area (Å²) in [7, 11) is 0. The van der Waals surface area contributed by atoms with E-state index in [1.165, 1.54) is 5.57 Å².